The Hall–Kier alpha value is -3.45. The third-order valence-electron chi connectivity index (χ3n) is 7.83. The van der Waals surface area contributed by atoms with Crippen LogP contribution < -0.4 is 0 Å². The van der Waals surface area contributed by atoms with Crippen molar-refractivity contribution in [2.75, 3.05) is 0 Å². The summed E-state index contributed by atoms with van der Waals surface area (Å²) in [5, 5.41) is 12.5. The molecular formula is C31H33N5OS. The van der Waals surface area contributed by atoms with E-state index < -0.39 is 0 Å². The highest BCUT2D eigenvalue weighted by Gasteiger charge is 2.27. The second kappa shape index (κ2) is 11.1. The fourth-order valence-corrected chi connectivity index (χ4v) is 6.65. The van der Waals surface area contributed by atoms with E-state index in [0.29, 0.717) is 16.8 Å². The largest absolute Gasteiger partial charge is 0.505 e. The number of H-pyrrole nitrogens is 1. The molecule has 4 heterocycles. The van der Waals surface area contributed by atoms with E-state index in [4.69, 9.17) is 9.97 Å². The molecule has 2 aliphatic rings. The Kier molecular flexibility index (Phi) is 7.27. The Bertz CT molecular complexity index is 1490. The van der Waals surface area contributed by atoms with Gasteiger partial charge in [0.15, 0.2) is 5.16 Å². The van der Waals surface area contributed by atoms with Gasteiger partial charge in [0.2, 0.25) is 0 Å². The summed E-state index contributed by atoms with van der Waals surface area (Å²) in [6.07, 6.45) is 22.4. The maximum absolute atomic E-state index is 11.0. The van der Waals surface area contributed by atoms with Crippen molar-refractivity contribution in [3.8, 4) is 5.75 Å². The molecule has 1 fully saturated rings. The fourth-order valence-electron chi connectivity index (χ4n) is 5.84. The summed E-state index contributed by atoms with van der Waals surface area (Å²) < 4.78 is 0. The lowest BCUT2D eigenvalue weighted by molar-refractivity contribution is 0.458. The number of aryl methyl sites for hydroxylation is 2. The van der Waals surface area contributed by atoms with Crippen LogP contribution in [0.15, 0.2) is 65.1 Å². The number of fused-ring (bicyclic) bond motifs is 2. The van der Waals surface area contributed by atoms with Crippen LogP contribution in [0, 0.1) is 11.8 Å². The molecule has 1 saturated carbocycles. The quantitative estimate of drug-likeness (QED) is 0.245. The number of allylic oxidation sites excluding steroid dienone is 3. The van der Waals surface area contributed by atoms with Gasteiger partial charge in [0.05, 0.1) is 22.5 Å². The maximum Gasteiger partial charge on any atom is 0.194 e. The average molecular weight is 524 g/mol. The van der Waals surface area contributed by atoms with Crippen LogP contribution in [0.2, 0.25) is 0 Å². The number of aromatic nitrogens is 5. The molecular weight excluding hydrogens is 490 g/mol. The number of nitrogens with zero attached hydrogens (tertiary/aromatic N) is 4. The van der Waals surface area contributed by atoms with E-state index in [-0.39, 0.29) is 0 Å². The smallest absolute Gasteiger partial charge is 0.194 e. The number of aromatic amines is 1. The molecule has 2 atom stereocenters. The molecule has 194 valence electrons. The summed E-state index contributed by atoms with van der Waals surface area (Å²) in [4.78, 5) is 23.2. The van der Waals surface area contributed by atoms with Gasteiger partial charge in [-0.05, 0) is 97.9 Å². The predicted octanol–water partition coefficient (Wildman–Crippen LogP) is 6.88. The summed E-state index contributed by atoms with van der Waals surface area (Å²) in [5.41, 5.74) is 6.04. The molecule has 4 aromatic heterocycles. The summed E-state index contributed by atoms with van der Waals surface area (Å²) in [6.45, 7) is 2.04. The van der Waals surface area contributed by atoms with E-state index in [1.165, 1.54) is 36.8 Å². The standard InChI is InChI=1S/C31H33N5OS/c1-2-25-29(37)28-27(16-22-13-11-20(15-22)10-12-21-7-6-14-32-18-21)35-31(36-30(28)34-25)38-24-17-23-8-4-3-5-9-26(23)33-19-24/h3-7,9,14,17-20,22,37H,2,8,10-13,15-16H2,1H3,(H,34,35,36). The Morgan fingerprint density at radius 1 is 1.13 bits per heavy atom. The van der Waals surface area contributed by atoms with Gasteiger partial charge in [-0.15, -0.1) is 0 Å². The van der Waals surface area contributed by atoms with Crippen LogP contribution in [0.5, 0.6) is 5.75 Å². The molecule has 0 saturated heterocycles. The highest BCUT2D eigenvalue weighted by Crippen LogP contribution is 2.39. The van der Waals surface area contributed by atoms with Crippen LogP contribution in [-0.4, -0.2) is 30.0 Å². The minimum Gasteiger partial charge on any atom is -0.505 e. The van der Waals surface area contributed by atoms with Crippen molar-refractivity contribution in [3.63, 3.8) is 0 Å². The number of nitrogens with one attached hydrogen (secondary N) is 1. The lowest BCUT2D eigenvalue weighted by Crippen LogP contribution is -2.05. The lowest BCUT2D eigenvalue weighted by atomic mass is 9.95. The first kappa shape index (κ1) is 24.9. The number of hydrogen-bond acceptors (Lipinski definition) is 6. The Balaban J connectivity index is 1.22. The molecule has 7 heteroatoms. The minimum absolute atomic E-state index is 0.311. The van der Waals surface area contributed by atoms with Gasteiger partial charge in [-0.1, -0.05) is 37.6 Å². The molecule has 0 amide bonds. The molecule has 38 heavy (non-hydrogen) atoms. The topological polar surface area (TPSA) is 87.6 Å². The zero-order valence-corrected chi connectivity index (χ0v) is 22.5. The number of hydrogen-bond donors (Lipinski definition) is 2. The first-order chi connectivity index (χ1) is 18.7. The van der Waals surface area contributed by atoms with Crippen LogP contribution in [0.3, 0.4) is 0 Å². The number of rotatable bonds is 8. The van der Waals surface area contributed by atoms with Crippen LogP contribution in [0.4, 0.5) is 0 Å². The number of pyridine rings is 2. The zero-order valence-electron chi connectivity index (χ0n) is 21.7. The predicted molar refractivity (Wildman–Crippen MR) is 152 cm³/mol. The molecule has 4 aromatic rings. The van der Waals surface area contributed by atoms with Crippen LogP contribution >= 0.6 is 11.8 Å². The summed E-state index contributed by atoms with van der Waals surface area (Å²) in [6, 6.07) is 6.38. The third kappa shape index (κ3) is 5.39. The monoisotopic (exact) mass is 523 g/mol. The van der Waals surface area contributed by atoms with Gasteiger partial charge in [0.25, 0.3) is 0 Å². The van der Waals surface area contributed by atoms with Crippen LogP contribution in [0.25, 0.3) is 17.1 Å². The minimum atomic E-state index is 0.311. The van der Waals surface area contributed by atoms with Gasteiger partial charge in [0, 0.05) is 23.5 Å². The molecule has 0 aliphatic heterocycles. The van der Waals surface area contributed by atoms with E-state index in [1.807, 2.05) is 43.7 Å². The molecule has 6 rings (SSSR count). The Morgan fingerprint density at radius 3 is 2.92 bits per heavy atom. The van der Waals surface area contributed by atoms with Crippen molar-refractivity contribution in [2.45, 2.75) is 68.3 Å². The molecule has 0 spiro atoms. The Morgan fingerprint density at radius 2 is 2.05 bits per heavy atom. The van der Waals surface area contributed by atoms with Crippen molar-refractivity contribution in [1.29, 1.82) is 0 Å². The van der Waals surface area contributed by atoms with Crippen LogP contribution in [-0.2, 0) is 25.7 Å². The first-order valence-electron chi connectivity index (χ1n) is 13.7. The Labute approximate surface area is 227 Å². The van der Waals surface area contributed by atoms with Crippen molar-refractivity contribution in [3.05, 3.63) is 83.2 Å². The van der Waals surface area contributed by atoms with Crippen molar-refractivity contribution >= 4 is 28.9 Å². The van der Waals surface area contributed by atoms with Gasteiger partial charge in [-0.2, -0.15) is 0 Å². The highest BCUT2D eigenvalue weighted by molar-refractivity contribution is 7.99. The first-order valence-corrected chi connectivity index (χ1v) is 14.5. The van der Waals surface area contributed by atoms with Gasteiger partial charge < -0.3 is 10.1 Å². The van der Waals surface area contributed by atoms with Crippen molar-refractivity contribution in [2.24, 2.45) is 11.8 Å². The van der Waals surface area contributed by atoms with Gasteiger partial charge in [-0.25, -0.2) is 9.97 Å². The summed E-state index contributed by atoms with van der Waals surface area (Å²) >= 11 is 1.54. The van der Waals surface area contributed by atoms with Gasteiger partial charge in [-0.3, -0.25) is 9.97 Å². The van der Waals surface area contributed by atoms with E-state index in [9.17, 15) is 5.11 Å². The summed E-state index contributed by atoms with van der Waals surface area (Å²) in [7, 11) is 0. The molecule has 0 bridgehead atoms. The fraction of sp³-hybridized carbons (Fsp3) is 0.355. The van der Waals surface area contributed by atoms with Crippen LogP contribution in [0.1, 0.15) is 60.8 Å². The maximum atomic E-state index is 11.0. The molecule has 2 N–H and O–H groups in total. The second-order valence-electron chi connectivity index (χ2n) is 10.4. The van der Waals surface area contributed by atoms with E-state index in [1.54, 1.807) is 11.8 Å². The highest BCUT2D eigenvalue weighted by atomic mass is 32.2. The van der Waals surface area contributed by atoms with E-state index in [0.717, 1.165) is 64.6 Å². The average Bonchev–Trinajstić information content (AvgIpc) is 3.43. The molecule has 6 nitrogen and oxygen atoms in total. The molecule has 2 aliphatic carbocycles. The number of aromatic hydroxyl groups is 1. The molecule has 2 unspecified atom stereocenters. The summed E-state index contributed by atoms with van der Waals surface area (Å²) in [5.74, 6) is 1.61. The lowest BCUT2D eigenvalue weighted by Gasteiger charge is -2.13. The second-order valence-corrected chi connectivity index (χ2v) is 11.5. The third-order valence-corrected chi connectivity index (χ3v) is 8.65. The van der Waals surface area contributed by atoms with Crippen molar-refractivity contribution < 1.29 is 5.11 Å². The molecule has 0 radical (unpaired) electrons. The van der Waals surface area contributed by atoms with Crippen molar-refractivity contribution in [1.82, 2.24) is 24.9 Å². The molecule has 0 aromatic carbocycles. The van der Waals surface area contributed by atoms with E-state index in [2.05, 4.69) is 39.2 Å². The van der Waals surface area contributed by atoms with Gasteiger partial charge in [0.1, 0.15) is 11.4 Å². The van der Waals surface area contributed by atoms with Gasteiger partial charge >= 0.3 is 0 Å². The normalized spacial score (nSPS) is 18.7. The van der Waals surface area contributed by atoms with E-state index >= 15 is 0 Å². The zero-order chi connectivity index (χ0) is 25.9. The SMILES string of the molecule is CCc1[nH]c2nc(Sc3cnc4c(c3)CC=CC=C4)nc(CC3CCC(CCc4cccnc4)C3)c2c1O.